The molecule has 7 rings (SSSR count). The van der Waals surface area contributed by atoms with Gasteiger partial charge in [-0.25, -0.2) is 4.98 Å². The number of piperidine rings is 1. The Labute approximate surface area is 257 Å². The summed E-state index contributed by atoms with van der Waals surface area (Å²) in [6.07, 6.45) is 4.69. The standard InChI is InChI=1S/C34H35N5O4S/c1-37(44(41,42)39-16-6-3-7-17-39)27-14-15-30-28(22-27)32-31(25-8-4-2-5-9-25)29(23-35-33(32)36-30)24-10-12-26(13-11-24)34(40)38-18-20-43-21-19-38/h2,4-5,8-15,22-23H,3,6-7,16-21H2,1H3,(H,35,36). The first-order valence-electron chi connectivity index (χ1n) is 15.1. The number of ether oxygens (including phenoxy) is 1. The molecule has 9 nitrogen and oxygen atoms in total. The van der Waals surface area contributed by atoms with Crippen LogP contribution in [0.3, 0.4) is 0 Å². The van der Waals surface area contributed by atoms with Gasteiger partial charge in [0, 0.05) is 72.4 Å². The third-order valence-electron chi connectivity index (χ3n) is 8.76. The second-order valence-electron chi connectivity index (χ2n) is 11.4. The highest BCUT2D eigenvalue weighted by Crippen LogP contribution is 2.41. The van der Waals surface area contributed by atoms with Crippen molar-refractivity contribution < 1.29 is 17.9 Å². The van der Waals surface area contributed by atoms with Crippen LogP contribution < -0.4 is 4.31 Å². The Morgan fingerprint density at radius 1 is 0.886 bits per heavy atom. The second kappa shape index (κ2) is 11.7. The molecule has 3 aromatic carbocycles. The van der Waals surface area contributed by atoms with Gasteiger partial charge >= 0.3 is 10.2 Å². The molecule has 2 saturated heterocycles. The van der Waals surface area contributed by atoms with Crippen molar-refractivity contribution in [3.8, 4) is 22.3 Å². The number of amides is 1. The number of pyridine rings is 1. The van der Waals surface area contributed by atoms with Crippen LogP contribution in [0.15, 0.2) is 79.0 Å². The predicted octanol–water partition coefficient (Wildman–Crippen LogP) is 5.69. The SMILES string of the molecule is CN(c1ccc2[nH]c3ncc(-c4ccc(C(=O)N5CCOCC5)cc4)c(-c4ccccc4)c3c2c1)S(=O)(=O)N1CCCCC1. The van der Waals surface area contributed by atoms with Crippen LogP contribution in [0.5, 0.6) is 0 Å². The van der Waals surface area contributed by atoms with Crippen LogP contribution in [-0.4, -0.2) is 79.9 Å². The average Bonchev–Trinajstić information content (AvgIpc) is 3.46. The van der Waals surface area contributed by atoms with E-state index in [2.05, 4.69) is 17.1 Å². The number of nitrogens with zero attached hydrogens (tertiary/aromatic N) is 4. The van der Waals surface area contributed by atoms with Gasteiger partial charge in [0.25, 0.3) is 5.91 Å². The second-order valence-corrected chi connectivity index (χ2v) is 13.4. The number of morpholine rings is 1. The van der Waals surface area contributed by atoms with E-state index in [9.17, 15) is 13.2 Å². The van der Waals surface area contributed by atoms with Crippen LogP contribution in [-0.2, 0) is 14.9 Å². The van der Waals surface area contributed by atoms with Crippen LogP contribution in [0.2, 0.25) is 0 Å². The molecular formula is C34H35N5O4S. The lowest BCUT2D eigenvalue weighted by atomic mass is 9.92. The predicted molar refractivity (Wildman–Crippen MR) is 174 cm³/mol. The molecule has 0 saturated carbocycles. The smallest absolute Gasteiger partial charge is 0.303 e. The van der Waals surface area contributed by atoms with Gasteiger partial charge in [0.2, 0.25) is 0 Å². The molecule has 10 heteroatoms. The molecule has 0 aliphatic carbocycles. The molecule has 0 atom stereocenters. The lowest BCUT2D eigenvalue weighted by molar-refractivity contribution is 0.0303. The average molecular weight is 610 g/mol. The first-order chi connectivity index (χ1) is 21.4. The molecule has 0 spiro atoms. The van der Waals surface area contributed by atoms with Gasteiger partial charge in [-0.1, -0.05) is 48.9 Å². The highest BCUT2D eigenvalue weighted by atomic mass is 32.2. The number of hydrogen-bond donors (Lipinski definition) is 1. The molecule has 1 N–H and O–H groups in total. The van der Waals surface area contributed by atoms with Crippen LogP contribution in [0.1, 0.15) is 29.6 Å². The Morgan fingerprint density at radius 3 is 2.34 bits per heavy atom. The van der Waals surface area contributed by atoms with E-state index in [4.69, 9.17) is 9.72 Å². The van der Waals surface area contributed by atoms with Crippen molar-refractivity contribution in [1.82, 2.24) is 19.2 Å². The minimum atomic E-state index is -3.65. The van der Waals surface area contributed by atoms with E-state index in [1.165, 1.54) is 4.31 Å². The Kier molecular flexibility index (Phi) is 7.57. The Balaban J connectivity index is 1.34. The zero-order chi connectivity index (χ0) is 30.3. The van der Waals surface area contributed by atoms with Crippen LogP contribution in [0.4, 0.5) is 5.69 Å². The summed E-state index contributed by atoms with van der Waals surface area (Å²) in [4.78, 5) is 23.2. The molecule has 0 bridgehead atoms. The van der Waals surface area contributed by atoms with Gasteiger partial charge in [0.1, 0.15) is 5.65 Å². The summed E-state index contributed by atoms with van der Waals surface area (Å²) in [5.41, 5.74) is 6.71. The van der Waals surface area contributed by atoms with Crippen molar-refractivity contribution in [3.05, 3.63) is 84.6 Å². The minimum Gasteiger partial charge on any atom is -0.378 e. The van der Waals surface area contributed by atoms with E-state index in [0.717, 1.165) is 63.5 Å². The van der Waals surface area contributed by atoms with Gasteiger partial charge in [-0.2, -0.15) is 12.7 Å². The van der Waals surface area contributed by atoms with E-state index < -0.39 is 10.2 Å². The highest BCUT2D eigenvalue weighted by molar-refractivity contribution is 7.90. The molecule has 2 aliphatic rings. The van der Waals surface area contributed by atoms with Crippen molar-refractivity contribution in [2.24, 2.45) is 0 Å². The van der Waals surface area contributed by atoms with Gasteiger partial charge in [0.05, 0.1) is 18.9 Å². The molecular weight excluding hydrogens is 574 g/mol. The van der Waals surface area contributed by atoms with Gasteiger partial charge in [-0.15, -0.1) is 0 Å². The monoisotopic (exact) mass is 609 g/mol. The van der Waals surface area contributed by atoms with E-state index in [1.807, 2.05) is 71.8 Å². The van der Waals surface area contributed by atoms with Crippen molar-refractivity contribution in [3.63, 3.8) is 0 Å². The molecule has 5 aromatic rings. The summed E-state index contributed by atoms with van der Waals surface area (Å²) >= 11 is 0. The number of aromatic amines is 1. The van der Waals surface area contributed by atoms with E-state index in [1.54, 1.807) is 11.4 Å². The molecule has 44 heavy (non-hydrogen) atoms. The van der Waals surface area contributed by atoms with Crippen LogP contribution in [0, 0.1) is 0 Å². The third kappa shape index (κ3) is 5.12. The highest BCUT2D eigenvalue weighted by Gasteiger charge is 2.29. The summed E-state index contributed by atoms with van der Waals surface area (Å²) < 4.78 is 35.4. The summed E-state index contributed by atoms with van der Waals surface area (Å²) in [6, 6.07) is 23.6. The van der Waals surface area contributed by atoms with E-state index >= 15 is 0 Å². The van der Waals surface area contributed by atoms with Crippen molar-refractivity contribution in [2.75, 3.05) is 50.7 Å². The molecule has 0 unspecified atom stereocenters. The maximum Gasteiger partial charge on any atom is 0.303 e. The van der Waals surface area contributed by atoms with Crippen molar-refractivity contribution in [2.45, 2.75) is 19.3 Å². The first kappa shape index (κ1) is 28.5. The fourth-order valence-corrected chi connectivity index (χ4v) is 7.75. The molecule has 226 valence electrons. The number of H-pyrrole nitrogens is 1. The fraction of sp³-hybridized carbons (Fsp3) is 0.294. The molecule has 2 aliphatic heterocycles. The summed E-state index contributed by atoms with van der Waals surface area (Å²) in [5.74, 6) is 0.00416. The number of aromatic nitrogens is 2. The quantitative estimate of drug-likeness (QED) is 0.267. The molecule has 0 radical (unpaired) electrons. The minimum absolute atomic E-state index is 0.00416. The maximum atomic E-state index is 13.5. The van der Waals surface area contributed by atoms with Crippen LogP contribution in [0.25, 0.3) is 44.2 Å². The number of rotatable bonds is 6. The topological polar surface area (TPSA) is 98.8 Å². The molecule has 1 amide bonds. The number of fused-ring (bicyclic) bond motifs is 3. The molecule has 2 fully saturated rings. The molecule has 2 aromatic heterocycles. The Morgan fingerprint density at radius 2 is 1.61 bits per heavy atom. The number of benzene rings is 3. The summed E-state index contributed by atoms with van der Waals surface area (Å²) in [6.45, 7) is 3.39. The van der Waals surface area contributed by atoms with Gasteiger partial charge < -0.3 is 14.6 Å². The largest absolute Gasteiger partial charge is 0.378 e. The third-order valence-corrected chi connectivity index (χ3v) is 10.7. The Bertz CT molecular complexity index is 1930. The zero-order valence-corrected chi connectivity index (χ0v) is 25.5. The van der Waals surface area contributed by atoms with Gasteiger partial charge in [-0.3, -0.25) is 9.10 Å². The zero-order valence-electron chi connectivity index (χ0n) is 24.7. The van der Waals surface area contributed by atoms with Crippen molar-refractivity contribution >= 4 is 43.7 Å². The number of hydrogen-bond acceptors (Lipinski definition) is 5. The van der Waals surface area contributed by atoms with E-state index in [-0.39, 0.29) is 5.91 Å². The summed E-state index contributed by atoms with van der Waals surface area (Å²) in [7, 11) is -2.02. The van der Waals surface area contributed by atoms with Gasteiger partial charge in [-0.05, 0) is 54.3 Å². The van der Waals surface area contributed by atoms with Crippen molar-refractivity contribution in [1.29, 1.82) is 0 Å². The number of carbonyl (C=O) groups is 1. The lowest BCUT2D eigenvalue weighted by Crippen LogP contribution is -2.44. The maximum absolute atomic E-state index is 13.5. The Hall–Kier alpha value is -4.25. The van der Waals surface area contributed by atoms with E-state index in [0.29, 0.717) is 50.6 Å². The number of carbonyl (C=O) groups excluding carboxylic acids is 1. The van der Waals surface area contributed by atoms with Crippen LogP contribution >= 0.6 is 0 Å². The number of anilines is 1. The normalized spacial score (nSPS) is 16.4. The fourth-order valence-electron chi connectivity index (χ4n) is 6.31. The summed E-state index contributed by atoms with van der Waals surface area (Å²) in [5, 5.41) is 1.81. The molecule has 4 heterocycles. The van der Waals surface area contributed by atoms with Gasteiger partial charge in [0.15, 0.2) is 0 Å². The lowest BCUT2D eigenvalue weighted by Gasteiger charge is -2.31. The number of nitrogens with one attached hydrogen (secondary N) is 1. The first-order valence-corrected chi connectivity index (χ1v) is 16.5.